The lowest BCUT2D eigenvalue weighted by Gasteiger charge is -2.39. The van der Waals surface area contributed by atoms with Gasteiger partial charge in [0, 0.05) is 17.5 Å². The van der Waals surface area contributed by atoms with Gasteiger partial charge in [0.05, 0.1) is 13.2 Å². The summed E-state index contributed by atoms with van der Waals surface area (Å²) in [5, 5.41) is 0. The van der Waals surface area contributed by atoms with Crippen molar-refractivity contribution in [3.63, 3.8) is 0 Å². The predicted octanol–water partition coefficient (Wildman–Crippen LogP) is 5.52. The minimum Gasteiger partial charge on any atom is -0.469 e. The molecule has 1 saturated carbocycles. The third-order valence-corrected chi connectivity index (χ3v) is 5.62. The summed E-state index contributed by atoms with van der Waals surface area (Å²) in [4.78, 5) is 16.8. The fraction of sp³-hybridized carbons (Fsp3) is 0.545. The molecule has 3 nitrogen and oxygen atoms in total. The number of methoxy groups -OCH3 is 1. The van der Waals surface area contributed by atoms with Gasteiger partial charge in [0.25, 0.3) is 0 Å². The summed E-state index contributed by atoms with van der Waals surface area (Å²) in [6, 6.07) is 10.5. The standard InChI is InChI=1S/C22H31NO2/c1-16(2)19-11-13-22(4,14-12-21(24)25-5)20(15-19)23-17(3)18-9-7-6-8-10-18/h6-10,17,19H,1,11-15H2,2-5H3/t17?,19-,22+/m1/s1. The Labute approximate surface area is 152 Å². The number of hydrogen-bond donors (Lipinski definition) is 0. The van der Waals surface area contributed by atoms with E-state index in [9.17, 15) is 4.79 Å². The Hall–Kier alpha value is -1.90. The molecule has 0 amide bonds. The Bertz CT molecular complexity index is 635. The minimum atomic E-state index is -0.140. The lowest BCUT2D eigenvalue weighted by atomic mass is 9.66. The molecule has 0 radical (unpaired) electrons. The second kappa shape index (κ2) is 8.46. The molecule has 2 rings (SSSR count). The normalized spacial score (nSPS) is 26.2. The van der Waals surface area contributed by atoms with Crippen LogP contribution in [-0.2, 0) is 9.53 Å². The zero-order valence-corrected chi connectivity index (χ0v) is 16.0. The maximum atomic E-state index is 11.6. The number of carbonyl (C=O) groups is 1. The molecule has 0 saturated heterocycles. The molecule has 1 fully saturated rings. The zero-order valence-electron chi connectivity index (χ0n) is 16.0. The number of aliphatic imine (C=N–C) groups is 1. The largest absolute Gasteiger partial charge is 0.469 e. The van der Waals surface area contributed by atoms with Crippen LogP contribution < -0.4 is 0 Å². The van der Waals surface area contributed by atoms with Crippen molar-refractivity contribution in [1.29, 1.82) is 0 Å². The van der Waals surface area contributed by atoms with Gasteiger partial charge >= 0.3 is 5.97 Å². The van der Waals surface area contributed by atoms with E-state index in [0.29, 0.717) is 12.3 Å². The second-order valence-corrected chi connectivity index (χ2v) is 7.59. The molecule has 1 aromatic carbocycles. The topological polar surface area (TPSA) is 38.7 Å². The minimum absolute atomic E-state index is 0.0385. The maximum absolute atomic E-state index is 11.6. The van der Waals surface area contributed by atoms with Crippen LogP contribution in [0.1, 0.15) is 64.5 Å². The van der Waals surface area contributed by atoms with Crippen LogP contribution in [0, 0.1) is 11.3 Å². The monoisotopic (exact) mass is 341 g/mol. The number of hydrogen-bond acceptors (Lipinski definition) is 3. The molecule has 0 bridgehead atoms. The van der Waals surface area contributed by atoms with E-state index in [1.165, 1.54) is 24.0 Å². The molecule has 0 heterocycles. The molecule has 0 spiro atoms. The van der Waals surface area contributed by atoms with Gasteiger partial charge in [-0.1, -0.05) is 49.4 Å². The Kier molecular flexibility index (Phi) is 6.57. The first-order valence-electron chi connectivity index (χ1n) is 9.20. The van der Waals surface area contributed by atoms with E-state index in [0.717, 1.165) is 25.7 Å². The number of benzene rings is 1. The van der Waals surface area contributed by atoms with Crippen molar-refractivity contribution in [3.05, 3.63) is 48.0 Å². The molecule has 3 atom stereocenters. The lowest BCUT2D eigenvalue weighted by molar-refractivity contribution is -0.141. The summed E-state index contributed by atoms with van der Waals surface area (Å²) in [6.45, 7) is 10.7. The number of rotatable bonds is 6. The highest BCUT2D eigenvalue weighted by Crippen LogP contribution is 2.43. The molecular weight excluding hydrogens is 310 g/mol. The fourth-order valence-electron chi connectivity index (χ4n) is 3.64. The van der Waals surface area contributed by atoms with Crippen LogP contribution in [0.3, 0.4) is 0 Å². The highest BCUT2D eigenvalue weighted by molar-refractivity contribution is 5.91. The third kappa shape index (κ3) is 5.04. The van der Waals surface area contributed by atoms with E-state index in [2.05, 4.69) is 51.6 Å². The van der Waals surface area contributed by atoms with Crippen LogP contribution in [-0.4, -0.2) is 18.8 Å². The van der Waals surface area contributed by atoms with Crippen molar-refractivity contribution in [2.24, 2.45) is 16.3 Å². The Morgan fingerprint density at radius 1 is 1.40 bits per heavy atom. The van der Waals surface area contributed by atoms with Gasteiger partial charge in [0.15, 0.2) is 0 Å². The smallest absolute Gasteiger partial charge is 0.305 e. The van der Waals surface area contributed by atoms with E-state index in [1.54, 1.807) is 0 Å². The maximum Gasteiger partial charge on any atom is 0.305 e. The first kappa shape index (κ1) is 19.4. The van der Waals surface area contributed by atoms with Crippen LogP contribution in [0.4, 0.5) is 0 Å². The highest BCUT2D eigenvalue weighted by Gasteiger charge is 2.37. The quantitative estimate of drug-likeness (QED) is 0.504. The summed E-state index contributed by atoms with van der Waals surface area (Å²) in [5.41, 5.74) is 3.65. The molecule has 25 heavy (non-hydrogen) atoms. The molecule has 1 aliphatic carbocycles. The number of carbonyl (C=O) groups excluding carboxylic acids is 1. The molecule has 1 unspecified atom stereocenters. The van der Waals surface area contributed by atoms with Crippen LogP contribution in [0.5, 0.6) is 0 Å². The summed E-state index contributed by atoms with van der Waals surface area (Å²) in [5.74, 6) is 0.353. The van der Waals surface area contributed by atoms with Gasteiger partial charge in [-0.15, -0.1) is 0 Å². The molecular formula is C22H31NO2. The molecule has 0 N–H and O–H groups in total. The predicted molar refractivity (Wildman–Crippen MR) is 104 cm³/mol. The summed E-state index contributed by atoms with van der Waals surface area (Å²) in [7, 11) is 1.45. The van der Waals surface area contributed by atoms with Gasteiger partial charge < -0.3 is 4.74 Å². The summed E-state index contributed by atoms with van der Waals surface area (Å²) >= 11 is 0. The molecule has 3 heteroatoms. The van der Waals surface area contributed by atoms with E-state index in [-0.39, 0.29) is 17.4 Å². The first-order chi connectivity index (χ1) is 11.9. The van der Waals surface area contributed by atoms with Crippen LogP contribution in [0.2, 0.25) is 0 Å². The number of allylic oxidation sites excluding steroid dienone is 1. The molecule has 0 aromatic heterocycles. The van der Waals surface area contributed by atoms with Gasteiger partial charge in [-0.25, -0.2) is 0 Å². The molecule has 1 aliphatic rings. The summed E-state index contributed by atoms with van der Waals surface area (Å²) < 4.78 is 4.84. The second-order valence-electron chi connectivity index (χ2n) is 7.59. The third-order valence-electron chi connectivity index (χ3n) is 5.62. The molecule has 0 aliphatic heterocycles. The van der Waals surface area contributed by atoms with Crippen LogP contribution in [0.15, 0.2) is 47.5 Å². The van der Waals surface area contributed by atoms with Gasteiger partial charge in [0.1, 0.15) is 0 Å². The van der Waals surface area contributed by atoms with Gasteiger partial charge in [-0.05, 0) is 51.0 Å². The van der Waals surface area contributed by atoms with Gasteiger partial charge in [-0.3, -0.25) is 9.79 Å². The van der Waals surface area contributed by atoms with Crippen molar-refractivity contribution in [2.45, 2.75) is 58.9 Å². The molecule has 1 aromatic rings. The molecule has 136 valence electrons. The van der Waals surface area contributed by atoms with Crippen LogP contribution in [0.25, 0.3) is 0 Å². The average Bonchev–Trinajstić information content (AvgIpc) is 2.62. The van der Waals surface area contributed by atoms with Crippen molar-refractivity contribution in [2.75, 3.05) is 7.11 Å². The number of ether oxygens (including phenoxy) is 1. The summed E-state index contributed by atoms with van der Waals surface area (Å²) in [6.07, 6.45) is 4.35. The Morgan fingerprint density at radius 3 is 2.68 bits per heavy atom. The van der Waals surface area contributed by atoms with E-state index >= 15 is 0 Å². The van der Waals surface area contributed by atoms with Crippen molar-refractivity contribution in [1.82, 2.24) is 0 Å². The fourth-order valence-corrected chi connectivity index (χ4v) is 3.64. The highest BCUT2D eigenvalue weighted by atomic mass is 16.5. The van der Waals surface area contributed by atoms with E-state index in [1.807, 2.05) is 6.07 Å². The number of nitrogens with zero attached hydrogens (tertiary/aromatic N) is 1. The number of esters is 1. The van der Waals surface area contributed by atoms with Crippen molar-refractivity contribution in [3.8, 4) is 0 Å². The van der Waals surface area contributed by atoms with E-state index < -0.39 is 0 Å². The van der Waals surface area contributed by atoms with Crippen molar-refractivity contribution < 1.29 is 9.53 Å². The SMILES string of the molecule is C=C(C)[C@@H]1CC[C@@](C)(CCC(=O)OC)C(=NC(C)c2ccccc2)C1. The zero-order chi connectivity index (χ0) is 18.4. The van der Waals surface area contributed by atoms with Gasteiger partial charge in [0.2, 0.25) is 0 Å². The van der Waals surface area contributed by atoms with Crippen LogP contribution >= 0.6 is 0 Å². The van der Waals surface area contributed by atoms with Gasteiger partial charge in [-0.2, -0.15) is 0 Å². The first-order valence-corrected chi connectivity index (χ1v) is 9.20. The Balaban J connectivity index is 2.25. The lowest BCUT2D eigenvalue weighted by Crippen LogP contribution is -2.36. The van der Waals surface area contributed by atoms with Crippen molar-refractivity contribution >= 4 is 11.7 Å². The average molecular weight is 341 g/mol. The Morgan fingerprint density at radius 2 is 2.08 bits per heavy atom. The van der Waals surface area contributed by atoms with E-state index in [4.69, 9.17) is 9.73 Å².